The highest BCUT2D eigenvalue weighted by Crippen LogP contribution is 2.63. The molecule has 27 heavy (non-hydrogen) atoms. The molecule has 3 nitrogen and oxygen atoms in total. The minimum absolute atomic E-state index is 0.204. The number of benzene rings is 1. The quantitative estimate of drug-likeness (QED) is 0.436. The van der Waals surface area contributed by atoms with Crippen LogP contribution in [0.25, 0.3) is 5.69 Å². The Labute approximate surface area is 167 Å². The van der Waals surface area contributed by atoms with Crippen LogP contribution in [0.3, 0.4) is 0 Å². The molecule has 0 radical (unpaired) electrons. The third kappa shape index (κ3) is 2.79. The van der Waals surface area contributed by atoms with E-state index in [0.717, 1.165) is 28.6 Å². The van der Waals surface area contributed by atoms with Crippen molar-refractivity contribution in [3.05, 3.63) is 52.3 Å². The Morgan fingerprint density at radius 3 is 2.44 bits per heavy atom. The third-order valence-electron chi connectivity index (χ3n) is 7.44. The second kappa shape index (κ2) is 6.34. The second-order valence-electron chi connectivity index (χ2n) is 8.92. The average molecular weight is 382 g/mol. The molecule has 0 aliphatic heterocycles. The third-order valence-corrected chi connectivity index (χ3v) is 7.69. The zero-order valence-electron chi connectivity index (χ0n) is 16.9. The summed E-state index contributed by atoms with van der Waals surface area (Å²) in [5, 5.41) is 9.95. The lowest BCUT2D eigenvalue weighted by atomic mass is 9.70. The van der Waals surface area contributed by atoms with Gasteiger partial charge in [-0.15, -0.1) is 0 Å². The van der Waals surface area contributed by atoms with Crippen LogP contribution in [-0.2, 0) is 0 Å². The van der Waals surface area contributed by atoms with Crippen LogP contribution in [0.1, 0.15) is 57.0 Å². The van der Waals surface area contributed by atoms with Crippen molar-refractivity contribution < 1.29 is 0 Å². The number of rotatable bonds is 3. The van der Waals surface area contributed by atoms with Gasteiger partial charge in [-0.2, -0.15) is 10.2 Å². The van der Waals surface area contributed by atoms with Gasteiger partial charge in [0.25, 0.3) is 0 Å². The van der Waals surface area contributed by atoms with Crippen molar-refractivity contribution in [2.45, 2.75) is 53.9 Å². The fraction of sp³-hybridized carbons (Fsp3) is 0.478. The van der Waals surface area contributed by atoms with Gasteiger partial charge in [-0.05, 0) is 74.8 Å². The molecule has 2 aromatic rings. The van der Waals surface area contributed by atoms with Gasteiger partial charge in [0, 0.05) is 38.8 Å². The van der Waals surface area contributed by atoms with Gasteiger partial charge < -0.3 is 4.57 Å². The molecule has 2 unspecified atom stereocenters. The maximum atomic E-state index is 6.03. The Morgan fingerprint density at radius 1 is 1.15 bits per heavy atom. The van der Waals surface area contributed by atoms with Crippen LogP contribution < -0.4 is 0 Å². The summed E-state index contributed by atoms with van der Waals surface area (Å²) in [5.41, 5.74) is 6.39. The maximum absolute atomic E-state index is 6.03. The molecule has 0 amide bonds. The first kappa shape index (κ1) is 18.5. The Morgan fingerprint density at radius 2 is 1.85 bits per heavy atom. The summed E-state index contributed by atoms with van der Waals surface area (Å²) in [6, 6.07) is 10.1. The van der Waals surface area contributed by atoms with Crippen molar-refractivity contribution in [2.24, 2.45) is 27.0 Å². The van der Waals surface area contributed by atoms with E-state index >= 15 is 0 Å². The fourth-order valence-corrected chi connectivity index (χ4v) is 5.27. The first-order chi connectivity index (χ1) is 12.7. The minimum Gasteiger partial charge on any atom is -0.318 e. The Balaban J connectivity index is 1.61. The summed E-state index contributed by atoms with van der Waals surface area (Å²) in [7, 11) is 0. The van der Waals surface area contributed by atoms with E-state index in [4.69, 9.17) is 16.7 Å². The van der Waals surface area contributed by atoms with Crippen LogP contribution >= 0.6 is 11.6 Å². The van der Waals surface area contributed by atoms with Gasteiger partial charge in [0.15, 0.2) is 0 Å². The predicted octanol–water partition coefficient (Wildman–Crippen LogP) is 6.37. The highest BCUT2D eigenvalue weighted by Gasteiger charge is 2.59. The van der Waals surface area contributed by atoms with E-state index in [1.807, 2.05) is 30.5 Å². The van der Waals surface area contributed by atoms with Crippen LogP contribution in [0.5, 0.6) is 0 Å². The van der Waals surface area contributed by atoms with E-state index in [1.54, 1.807) is 0 Å². The molecule has 4 heteroatoms. The summed E-state index contributed by atoms with van der Waals surface area (Å²) in [6.45, 7) is 11.4. The molecule has 2 fully saturated rings. The van der Waals surface area contributed by atoms with Gasteiger partial charge in [-0.25, -0.2) is 0 Å². The Bertz CT molecular complexity index is 933. The predicted molar refractivity (Wildman–Crippen MR) is 115 cm³/mol. The zero-order chi connectivity index (χ0) is 19.4. The normalized spacial score (nSPS) is 27.9. The summed E-state index contributed by atoms with van der Waals surface area (Å²) in [5.74, 6) is 0.756. The van der Waals surface area contributed by atoms with Gasteiger partial charge in [0.05, 0.1) is 6.21 Å². The molecular formula is C23H28ClN3. The number of halogens is 1. The van der Waals surface area contributed by atoms with Crippen LogP contribution in [0, 0.1) is 30.6 Å². The van der Waals surface area contributed by atoms with Crippen LogP contribution in [-0.4, -0.2) is 16.5 Å². The molecule has 4 rings (SSSR count). The highest BCUT2D eigenvalue weighted by atomic mass is 35.5. The van der Waals surface area contributed by atoms with Crippen molar-refractivity contribution in [2.75, 3.05) is 0 Å². The Kier molecular flexibility index (Phi) is 4.34. The van der Waals surface area contributed by atoms with Crippen molar-refractivity contribution in [1.29, 1.82) is 0 Å². The first-order valence-corrected chi connectivity index (χ1v) is 10.2. The molecule has 0 spiro atoms. The smallest absolute Gasteiger partial charge is 0.0586 e. The van der Waals surface area contributed by atoms with E-state index in [9.17, 15) is 0 Å². The summed E-state index contributed by atoms with van der Waals surface area (Å²) < 4.78 is 2.23. The maximum Gasteiger partial charge on any atom is 0.0586 e. The van der Waals surface area contributed by atoms with Crippen molar-refractivity contribution in [3.8, 4) is 5.69 Å². The fourth-order valence-electron chi connectivity index (χ4n) is 5.15. The topological polar surface area (TPSA) is 29.6 Å². The van der Waals surface area contributed by atoms with Gasteiger partial charge in [0.1, 0.15) is 0 Å². The highest BCUT2D eigenvalue weighted by molar-refractivity contribution is 6.30. The van der Waals surface area contributed by atoms with Crippen molar-refractivity contribution in [1.82, 2.24) is 4.57 Å². The lowest BCUT2D eigenvalue weighted by Crippen LogP contribution is -2.32. The SMILES string of the molecule is Cc1cc(/C=N/N=C2\CC3CCC2(C)C3(C)C)c(C)n1-c1ccc(Cl)cc1. The molecule has 0 saturated heterocycles. The van der Waals surface area contributed by atoms with Crippen molar-refractivity contribution in [3.63, 3.8) is 0 Å². The van der Waals surface area contributed by atoms with Crippen molar-refractivity contribution >= 4 is 23.5 Å². The Hall–Kier alpha value is -1.87. The molecule has 1 aromatic carbocycles. The van der Waals surface area contributed by atoms with Crippen LogP contribution in [0.4, 0.5) is 0 Å². The molecular weight excluding hydrogens is 354 g/mol. The molecule has 1 aromatic heterocycles. The molecule has 2 aliphatic carbocycles. The molecule has 0 N–H and O–H groups in total. The first-order valence-electron chi connectivity index (χ1n) is 9.79. The van der Waals surface area contributed by atoms with E-state index < -0.39 is 0 Å². The van der Waals surface area contributed by atoms with E-state index in [1.165, 1.54) is 29.9 Å². The number of hydrogen-bond donors (Lipinski definition) is 0. The number of hydrogen-bond acceptors (Lipinski definition) is 2. The second-order valence-corrected chi connectivity index (χ2v) is 9.36. The number of aromatic nitrogens is 1. The molecule has 2 aliphatic rings. The van der Waals surface area contributed by atoms with Gasteiger partial charge in [-0.1, -0.05) is 32.4 Å². The monoisotopic (exact) mass is 381 g/mol. The lowest BCUT2D eigenvalue weighted by Gasteiger charge is -2.34. The van der Waals surface area contributed by atoms with E-state index in [-0.39, 0.29) is 5.41 Å². The van der Waals surface area contributed by atoms with E-state index in [0.29, 0.717) is 5.41 Å². The number of fused-ring (bicyclic) bond motifs is 2. The molecule has 2 saturated carbocycles. The number of nitrogens with zero attached hydrogens (tertiary/aromatic N) is 3. The standard InChI is InChI=1S/C23H28ClN3/c1-15-12-17(16(2)27(15)20-8-6-19(24)7-9-20)14-25-26-21-13-18-10-11-23(21,5)22(18,3)4/h6-9,12,14,18H,10-11,13H2,1-5H3/b25-14+,26-21+. The van der Waals surface area contributed by atoms with Gasteiger partial charge in [0.2, 0.25) is 0 Å². The summed E-state index contributed by atoms with van der Waals surface area (Å²) >= 11 is 6.03. The largest absolute Gasteiger partial charge is 0.318 e. The lowest BCUT2D eigenvalue weighted by molar-refractivity contribution is 0.194. The molecule has 1 heterocycles. The average Bonchev–Trinajstić information content (AvgIpc) is 3.10. The van der Waals surface area contributed by atoms with Gasteiger partial charge in [-0.3, -0.25) is 0 Å². The van der Waals surface area contributed by atoms with Crippen LogP contribution in [0.15, 0.2) is 40.5 Å². The molecule has 2 atom stereocenters. The summed E-state index contributed by atoms with van der Waals surface area (Å²) in [4.78, 5) is 0. The molecule has 142 valence electrons. The number of aryl methyl sites for hydroxylation is 1. The minimum atomic E-state index is 0.204. The molecule has 2 bridgehead atoms. The van der Waals surface area contributed by atoms with Gasteiger partial charge >= 0.3 is 0 Å². The zero-order valence-corrected chi connectivity index (χ0v) is 17.6. The van der Waals surface area contributed by atoms with E-state index in [2.05, 4.69) is 50.4 Å². The summed E-state index contributed by atoms with van der Waals surface area (Å²) in [6.07, 6.45) is 5.58. The van der Waals surface area contributed by atoms with Crippen LogP contribution in [0.2, 0.25) is 5.02 Å².